The quantitative estimate of drug-likeness (QED) is 0.456. The van der Waals surface area contributed by atoms with Crippen molar-refractivity contribution >= 4 is 23.7 Å². The third-order valence-electron chi connectivity index (χ3n) is 4.08. The topological polar surface area (TPSA) is 79.8 Å². The van der Waals surface area contributed by atoms with Crippen LogP contribution in [0.2, 0.25) is 0 Å². The molecule has 0 aliphatic rings. The smallest absolute Gasteiger partial charge is 0.271 e. The van der Waals surface area contributed by atoms with Crippen LogP contribution in [-0.2, 0) is 0 Å². The van der Waals surface area contributed by atoms with Crippen LogP contribution >= 0.6 is 0 Å². The molecule has 3 aromatic rings. The molecule has 0 unspecified atom stereocenters. The van der Waals surface area contributed by atoms with Gasteiger partial charge in [-0.2, -0.15) is 5.10 Å². The second kappa shape index (κ2) is 9.97. The molecule has 0 aromatic heterocycles. The number of carbonyl (C=O) groups is 2. The van der Waals surface area contributed by atoms with Crippen molar-refractivity contribution < 1.29 is 18.7 Å². The van der Waals surface area contributed by atoms with Gasteiger partial charge in [-0.25, -0.2) is 9.82 Å². The number of benzene rings is 3. The molecule has 0 heterocycles. The zero-order valence-corrected chi connectivity index (χ0v) is 16.3. The Bertz CT molecular complexity index is 1030. The molecule has 6 nitrogen and oxygen atoms in total. The molecule has 0 saturated carbocycles. The number of anilines is 1. The molecule has 2 N–H and O–H groups in total. The summed E-state index contributed by atoms with van der Waals surface area (Å²) in [7, 11) is 0. The average Bonchev–Trinajstić information content (AvgIpc) is 2.76. The fourth-order valence-electron chi connectivity index (χ4n) is 2.56. The van der Waals surface area contributed by atoms with Gasteiger partial charge < -0.3 is 10.1 Å². The standard InChI is InChI=1S/C23H20FN3O3/c1-2-30-21-13-3-16(4-14-21)15-25-27-23(29)18-7-11-20(12-8-18)26-22(28)17-5-9-19(24)10-6-17/h3-15H,2H2,1H3,(H,26,28)(H,27,29). The molecule has 0 saturated heterocycles. The van der Waals surface area contributed by atoms with Gasteiger partial charge in [0.15, 0.2) is 0 Å². The van der Waals surface area contributed by atoms with Crippen LogP contribution in [0.5, 0.6) is 5.75 Å². The van der Waals surface area contributed by atoms with Gasteiger partial charge in [0.05, 0.1) is 12.8 Å². The third kappa shape index (κ3) is 5.75. The van der Waals surface area contributed by atoms with Crippen molar-refractivity contribution in [2.75, 3.05) is 11.9 Å². The molecule has 7 heteroatoms. The summed E-state index contributed by atoms with van der Waals surface area (Å²) in [5, 5.41) is 6.63. The van der Waals surface area contributed by atoms with E-state index in [4.69, 9.17) is 4.74 Å². The molecule has 3 aromatic carbocycles. The van der Waals surface area contributed by atoms with Crippen molar-refractivity contribution in [2.45, 2.75) is 6.92 Å². The summed E-state index contributed by atoms with van der Waals surface area (Å²) in [6.45, 7) is 2.51. The minimum atomic E-state index is -0.410. The van der Waals surface area contributed by atoms with Gasteiger partial charge in [0.2, 0.25) is 0 Å². The van der Waals surface area contributed by atoms with E-state index in [1.165, 1.54) is 30.5 Å². The molecule has 0 fully saturated rings. The molecule has 0 aliphatic carbocycles. The molecule has 0 bridgehead atoms. The number of nitrogens with zero attached hydrogens (tertiary/aromatic N) is 1. The number of rotatable bonds is 7. The zero-order chi connectivity index (χ0) is 21.3. The third-order valence-corrected chi connectivity index (χ3v) is 4.08. The van der Waals surface area contributed by atoms with Crippen molar-refractivity contribution in [1.29, 1.82) is 0 Å². The number of amides is 2. The predicted molar refractivity (Wildman–Crippen MR) is 113 cm³/mol. The monoisotopic (exact) mass is 405 g/mol. The summed E-state index contributed by atoms with van der Waals surface area (Å²) < 4.78 is 18.3. The number of nitrogens with one attached hydrogen (secondary N) is 2. The predicted octanol–water partition coefficient (Wildman–Crippen LogP) is 4.24. The largest absolute Gasteiger partial charge is 0.494 e. The maximum Gasteiger partial charge on any atom is 0.271 e. The van der Waals surface area contributed by atoms with E-state index in [9.17, 15) is 14.0 Å². The van der Waals surface area contributed by atoms with Gasteiger partial charge in [-0.05, 0) is 85.3 Å². The maximum atomic E-state index is 12.9. The van der Waals surface area contributed by atoms with E-state index < -0.39 is 5.82 Å². The zero-order valence-electron chi connectivity index (χ0n) is 16.3. The fourth-order valence-corrected chi connectivity index (χ4v) is 2.56. The summed E-state index contributed by atoms with van der Waals surface area (Å²) in [5.74, 6) is -0.391. The van der Waals surface area contributed by atoms with Gasteiger partial charge in [0, 0.05) is 16.8 Å². The van der Waals surface area contributed by atoms with Gasteiger partial charge in [0.25, 0.3) is 11.8 Å². The number of halogens is 1. The average molecular weight is 405 g/mol. The Morgan fingerprint density at radius 3 is 2.13 bits per heavy atom. The van der Waals surface area contributed by atoms with Gasteiger partial charge in [-0.1, -0.05) is 0 Å². The molecule has 30 heavy (non-hydrogen) atoms. The van der Waals surface area contributed by atoms with Crippen molar-refractivity contribution in [2.24, 2.45) is 5.10 Å². The molecular formula is C23H20FN3O3. The molecule has 0 aliphatic heterocycles. The van der Waals surface area contributed by atoms with Crippen LogP contribution in [0.1, 0.15) is 33.2 Å². The number of hydrogen-bond acceptors (Lipinski definition) is 4. The summed E-state index contributed by atoms with van der Waals surface area (Å²) in [5.41, 5.74) is 4.51. The van der Waals surface area contributed by atoms with E-state index >= 15 is 0 Å². The van der Waals surface area contributed by atoms with Crippen LogP contribution < -0.4 is 15.5 Å². The van der Waals surface area contributed by atoms with Gasteiger partial charge in [-0.15, -0.1) is 0 Å². The lowest BCUT2D eigenvalue weighted by atomic mass is 10.1. The van der Waals surface area contributed by atoms with Crippen molar-refractivity contribution in [3.8, 4) is 5.75 Å². The summed E-state index contributed by atoms with van der Waals surface area (Å²) in [4.78, 5) is 24.3. The minimum Gasteiger partial charge on any atom is -0.494 e. The fraction of sp³-hybridized carbons (Fsp3) is 0.0870. The summed E-state index contributed by atoms with van der Waals surface area (Å²) >= 11 is 0. The molecule has 152 valence electrons. The Kier molecular flexibility index (Phi) is 6.89. The van der Waals surface area contributed by atoms with Gasteiger partial charge in [0.1, 0.15) is 11.6 Å². The first-order valence-electron chi connectivity index (χ1n) is 9.28. The van der Waals surface area contributed by atoms with E-state index in [2.05, 4.69) is 15.8 Å². The Hall–Kier alpha value is -4.00. The normalized spacial score (nSPS) is 10.6. The highest BCUT2D eigenvalue weighted by molar-refractivity contribution is 6.04. The summed E-state index contributed by atoms with van der Waals surface area (Å²) in [6, 6.07) is 18.9. The second-order valence-electron chi connectivity index (χ2n) is 6.24. The minimum absolute atomic E-state index is 0.335. The van der Waals surface area contributed by atoms with Crippen LogP contribution in [0.15, 0.2) is 77.9 Å². The van der Waals surface area contributed by atoms with Crippen molar-refractivity contribution in [3.63, 3.8) is 0 Å². The van der Waals surface area contributed by atoms with Gasteiger partial charge in [-0.3, -0.25) is 9.59 Å². The first kappa shape index (κ1) is 20.7. The Morgan fingerprint density at radius 2 is 1.50 bits per heavy atom. The first-order chi connectivity index (χ1) is 14.5. The number of hydrazone groups is 1. The highest BCUT2D eigenvalue weighted by Gasteiger charge is 2.08. The van der Waals surface area contributed by atoms with Gasteiger partial charge >= 0.3 is 0 Å². The van der Waals surface area contributed by atoms with E-state index in [1.54, 1.807) is 24.3 Å². The first-order valence-corrected chi connectivity index (χ1v) is 9.28. The van der Waals surface area contributed by atoms with E-state index in [1.807, 2.05) is 31.2 Å². The number of ether oxygens (including phenoxy) is 1. The second-order valence-corrected chi connectivity index (χ2v) is 6.24. The number of carbonyl (C=O) groups excluding carboxylic acids is 2. The molecule has 2 amide bonds. The Balaban J connectivity index is 1.54. The van der Waals surface area contributed by atoms with E-state index in [0.29, 0.717) is 23.4 Å². The molecule has 3 rings (SSSR count). The summed E-state index contributed by atoms with van der Waals surface area (Å²) in [6.07, 6.45) is 1.53. The van der Waals surface area contributed by atoms with E-state index in [-0.39, 0.29) is 11.8 Å². The van der Waals surface area contributed by atoms with E-state index in [0.717, 1.165) is 11.3 Å². The molecule has 0 radical (unpaired) electrons. The highest BCUT2D eigenvalue weighted by atomic mass is 19.1. The van der Waals surface area contributed by atoms with Crippen LogP contribution in [0.4, 0.5) is 10.1 Å². The van der Waals surface area contributed by atoms with Crippen LogP contribution in [0.25, 0.3) is 0 Å². The number of hydrogen-bond donors (Lipinski definition) is 2. The van der Waals surface area contributed by atoms with Crippen LogP contribution in [0.3, 0.4) is 0 Å². The lowest BCUT2D eigenvalue weighted by Crippen LogP contribution is -2.17. The SMILES string of the molecule is CCOc1ccc(C=NNC(=O)c2ccc(NC(=O)c3ccc(F)cc3)cc2)cc1. The van der Waals surface area contributed by atoms with Crippen LogP contribution in [-0.4, -0.2) is 24.6 Å². The molecule has 0 spiro atoms. The van der Waals surface area contributed by atoms with Crippen molar-refractivity contribution in [1.82, 2.24) is 5.43 Å². The van der Waals surface area contributed by atoms with Crippen molar-refractivity contribution in [3.05, 3.63) is 95.3 Å². The highest BCUT2D eigenvalue weighted by Crippen LogP contribution is 2.13. The lowest BCUT2D eigenvalue weighted by molar-refractivity contribution is 0.0954. The van der Waals surface area contributed by atoms with Crippen LogP contribution in [0, 0.1) is 5.82 Å². The Morgan fingerprint density at radius 1 is 0.900 bits per heavy atom. The maximum absolute atomic E-state index is 12.9. The molecular weight excluding hydrogens is 385 g/mol. The Labute approximate surface area is 173 Å². The lowest BCUT2D eigenvalue weighted by Gasteiger charge is -2.06. The molecule has 0 atom stereocenters.